The second kappa shape index (κ2) is 6.41. The number of benzene rings is 1. The number of hydrogen-bond donors (Lipinski definition) is 1. The summed E-state index contributed by atoms with van der Waals surface area (Å²) >= 11 is 6.03. The molecule has 0 aromatic heterocycles. The Bertz CT molecular complexity index is 500. The highest BCUT2D eigenvalue weighted by Crippen LogP contribution is 2.27. The van der Waals surface area contributed by atoms with Crippen LogP contribution in [0.3, 0.4) is 0 Å². The van der Waals surface area contributed by atoms with Crippen LogP contribution in [0.4, 0.5) is 0 Å². The summed E-state index contributed by atoms with van der Waals surface area (Å²) < 4.78 is 27.9. The molecule has 0 saturated heterocycles. The number of nitrogens with two attached hydrogens (primary N) is 1. The lowest BCUT2D eigenvalue weighted by Crippen LogP contribution is -2.15. The molecule has 4 nitrogen and oxygen atoms in total. The SMILES string of the molecule is CCS(=O)(=O)CCOc1ccc([C@H](C)N)cc1Cl. The lowest BCUT2D eigenvalue weighted by Gasteiger charge is -2.11. The third-order valence-electron chi connectivity index (χ3n) is 2.57. The highest BCUT2D eigenvalue weighted by molar-refractivity contribution is 7.91. The minimum Gasteiger partial charge on any atom is -0.491 e. The number of sulfone groups is 1. The van der Waals surface area contributed by atoms with Gasteiger partial charge in [-0.2, -0.15) is 0 Å². The zero-order valence-electron chi connectivity index (χ0n) is 10.5. The Morgan fingerprint density at radius 1 is 1.44 bits per heavy atom. The first kappa shape index (κ1) is 15.3. The molecule has 0 heterocycles. The van der Waals surface area contributed by atoms with Gasteiger partial charge < -0.3 is 10.5 Å². The van der Waals surface area contributed by atoms with Crippen molar-refractivity contribution in [3.8, 4) is 5.75 Å². The van der Waals surface area contributed by atoms with E-state index in [9.17, 15) is 8.42 Å². The molecule has 0 bridgehead atoms. The summed E-state index contributed by atoms with van der Waals surface area (Å²) in [5, 5.41) is 0.443. The predicted molar refractivity (Wildman–Crippen MR) is 73.9 cm³/mol. The molecular formula is C12H18ClNO3S. The van der Waals surface area contributed by atoms with Crippen molar-refractivity contribution in [3.63, 3.8) is 0 Å². The van der Waals surface area contributed by atoms with E-state index in [4.69, 9.17) is 22.1 Å². The van der Waals surface area contributed by atoms with E-state index >= 15 is 0 Å². The van der Waals surface area contributed by atoms with Crippen LogP contribution in [0.15, 0.2) is 18.2 Å². The van der Waals surface area contributed by atoms with E-state index < -0.39 is 9.84 Å². The van der Waals surface area contributed by atoms with Gasteiger partial charge in [-0.25, -0.2) is 8.42 Å². The summed E-state index contributed by atoms with van der Waals surface area (Å²) in [5.74, 6) is 0.593. The van der Waals surface area contributed by atoms with Gasteiger partial charge in [0.1, 0.15) is 12.4 Å². The lowest BCUT2D eigenvalue weighted by molar-refractivity contribution is 0.341. The van der Waals surface area contributed by atoms with Crippen molar-refractivity contribution < 1.29 is 13.2 Å². The summed E-state index contributed by atoms with van der Waals surface area (Å²) in [4.78, 5) is 0. The van der Waals surface area contributed by atoms with Crippen molar-refractivity contribution in [1.29, 1.82) is 0 Å². The van der Waals surface area contributed by atoms with Gasteiger partial charge in [0.25, 0.3) is 0 Å². The summed E-state index contributed by atoms with van der Waals surface area (Å²) in [6.45, 7) is 3.58. The second-order valence-corrected chi connectivity index (χ2v) is 6.94. The first-order valence-corrected chi connectivity index (χ1v) is 7.94. The van der Waals surface area contributed by atoms with E-state index in [2.05, 4.69) is 0 Å². The van der Waals surface area contributed by atoms with Crippen LogP contribution in [0.2, 0.25) is 5.02 Å². The number of hydrogen-bond acceptors (Lipinski definition) is 4. The summed E-state index contributed by atoms with van der Waals surface area (Å²) in [6.07, 6.45) is 0. The average molecular weight is 292 g/mol. The molecule has 18 heavy (non-hydrogen) atoms. The Morgan fingerprint density at radius 3 is 2.61 bits per heavy atom. The van der Waals surface area contributed by atoms with Gasteiger partial charge in [0.05, 0.1) is 10.8 Å². The maximum atomic E-state index is 11.3. The van der Waals surface area contributed by atoms with Crippen LogP contribution >= 0.6 is 11.6 Å². The van der Waals surface area contributed by atoms with Crippen LogP contribution in [-0.2, 0) is 9.84 Å². The lowest BCUT2D eigenvalue weighted by atomic mass is 10.1. The van der Waals surface area contributed by atoms with Gasteiger partial charge in [-0.1, -0.05) is 24.6 Å². The predicted octanol–water partition coefficient (Wildman–Crippen LogP) is 2.17. The third-order valence-corrected chi connectivity index (χ3v) is 4.54. The Hall–Kier alpha value is -0.780. The zero-order valence-corrected chi connectivity index (χ0v) is 12.1. The van der Waals surface area contributed by atoms with E-state index in [1.54, 1.807) is 19.1 Å². The van der Waals surface area contributed by atoms with E-state index in [0.717, 1.165) is 5.56 Å². The topological polar surface area (TPSA) is 69.4 Å². The quantitative estimate of drug-likeness (QED) is 0.872. The molecular weight excluding hydrogens is 274 g/mol. The minimum absolute atomic E-state index is 0.00509. The Kier molecular flexibility index (Phi) is 5.44. The molecule has 0 radical (unpaired) electrons. The van der Waals surface area contributed by atoms with Crippen LogP contribution in [-0.4, -0.2) is 26.5 Å². The van der Waals surface area contributed by atoms with Crippen molar-refractivity contribution in [1.82, 2.24) is 0 Å². The third kappa shape index (κ3) is 4.48. The summed E-state index contributed by atoms with van der Waals surface area (Å²) in [6, 6.07) is 5.16. The molecule has 1 aromatic rings. The van der Waals surface area contributed by atoms with Crippen LogP contribution in [0, 0.1) is 0 Å². The van der Waals surface area contributed by atoms with Crippen molar-refractivity contribution in [2.24, 2.45) is 5.73 Å². The van der Waals surface area contributed by atoms with Crippen molar-refractivity contribution >= 4 is 21.4 Å². The van der Waals surface area contributed by atoms with Gasteiger partial charge in [-0.15, -0.1) is 0 Å². The van der Waals surface area contributed by atoms with Crippen LogP contribution in [0.1, 0.15) is 25.5 Å². The number of ether oxygens (including phenoxy) is 1. The van der Waals surface area contributed by atoms with Crippen molar-refractivity contribution in [2.45, 2.75) is 19.9 Å². The number of halogens is 1. The molecule has 1 aromatic carbocycles. The van der Waals surface area contributed by atoms with Crippen LogP contribution in [0.5, 0.6) is 5.75 Å². The maximum Gasteiger partial charge on any atom is 0.153 e. The molecule has 0 aliphatic carbocycles. The van der Waals surface area contributed by atoms with E-state index in [1.807, 2.05) is 13.0 Å². The fourth-order valence-electron chi connectivity index (χ4n) is 1.34. The molecule has 0 unspecified atom stereocenters. The summed E-state index contributed by atoms with van der Waals surface area (Å²) in [5.41, 5.74) is 6.64. The molecule has 6 heteroatoms. The van der Waals surface area contributed by atoms with Crippen LogP contribution < -0.4 is 10.5 Å². The molecule has 0 aliphatic heterocycles. The first-order chi connectivity index (χ1) is 8.35. The van der Waals surface area contributed by atoms with Crippen molar-refractivity contribution in [2.75, 3.05) is 18.1 Å². The Labute approximate surface area is 113 Å². The molecule has 0 amide bonds. The zero-order chi connectivity index (χ0) is 13.8. The van der Waals surface area contributed by atoms with E-state index in [0.29, 0.717) is 10.8 Å². The van der Waals surface area contributed by atoms with Gasteiger partial charge in [-0.05, 0) is 24.6 Å². The monoisotopic (exact) mass is 291 g/mol. The number of rotatable bonds is 6. The van der Waals surface area contributed by atoms with Crippen molar-refractivity contribution in [3.05, 3.63) is 28.8 Å². The van der Waals surface area contributed by atoms with Gasteiger partial charge in [0, 0.05) is 11.8 Å². The molecule has 1 rings (SSSR count). The van der Waals surface area contributed by atoms with Gasteiger partial charge in [0.15, 0.2) is 9.84 Å². The molecule has 2 N–H and O–H groups in total. The second-order valence-electron chi connectivity index (χ2n) is 4.06. The molecule has 102 valence electrons. The molecule has 0 saturated carbocycles. The normalized spacial score (nSPS) is 13.3. The smallest absolute Gasteiger partial charge is 0.153 e. The fraction of sp³-hybridized carbons (Fsp3) is 0.500. The van der Waals surface area contributed by atoms with Gasteiger partial charge >= 0.3 is 0 Å². The van der Waals surface area contributed by atoms with Gasteiger partial charge in [0.2, 0.25) is 0 Å². The average Bonchev–Trinajstić information content (AvgIpc) is 2.31. The molecule has 0 fully saturated rings. The molecule has 0 aliphatic rings. The van der Waals surface area contributed by atoms with E-state index in [-0.39, 0.29) is 24.2 Å². The van der Waals surface area contributed by atoms with Crippen LogP contribution in [0.25, 0.3) is 0 Å². The summed E-state index contributed by atoms with van der Waals surface area (Å²) in [7, 11) is -3.01. The Balaban J connectivity index is 2.64. The molecule has 0 spiro atoms. The first-order valence-electron chi connectivity index (χ1n) is 5.74. The highest BCUT2D eigenvalue weighted by Gasteiger charge is 2.09. The Morgan fingerprint density at radius 2 is 2.11 bits per heavy atom. The molecule has 1 atom stereocenters. The maximum absolute atomic E-state index is 11.3. The fourth-order valence-corrected chi connectivity index (χ4v) is 2.21. The highest BCUT2D eigenvalue weighted by atomic mass is 35.5. The van der Waals surface area contributed by atoms with Gasteiger partial charge in [-0.3, -0.25) is 0 Å². The van der Waals surface area contributed by atoms with E-state index in [1.165, 1.54) is 0 Å². The standard InChI is InChI=1S/C12H18ClNO3S/c1-3-18(15,16)7-6-17-12-5-4-10(9(2)14)8-11(12)13/h4-5,8-9H,3,6-7,14H2,1-2H3/t9-/m0/s1. The largest absolute Gasteiger partial charge is 0.491 e. The minimum atomic E-state index is -3.01.